The van der Waals surface area contributed by atoms with Gasteiger partial charge in [0.05, 0.1) is 28.6 Å². The average molecular weight is 476 g/mol. The van der Waals surface area contributed by atoms with E-state index in [-0.39, 0.29) is 24.1 Å². The van der Waals surface area contributed by atoms with E-state index in [0.29, 0.717) is 51.4 Å². The van der Waals surface area contributed by atoms with Crippen molar-refractivity contribution in [3.05, 3.63) is 70.8 Å². The summed E-state index contributed by atoms with van der Waals surface area (Å²) < 4.78 is 35.0. The minimum absolute atomic E-state index is 0.0561. The Morgan fingerprint density at radius 3 is 2.63 bits per heavy atom. The van der Waals surface area contributed by atoms with Gasteiger partial charge in [0, 0.05) is 24.0 Å². The number of halogens is 2. The number of ether oxygens (including phenoxy) is 1. The van der Waals surface area contributed by atoms with Crippen molar-refractivity contribution in [1.82, 2.24) is 24.7 Å². The second-order valence-electron chi connectivity index (χ2n) is 7.87. The van der Waals surface area contributed by atoms with Crippen LogP contribution >= 0.6 is 0 Å². The molecule has 10 heteroatoms. The van der Waals surface area contributed by atoms with E-state index in [4.69, 9.17) is 10.5 Å². The molecule has 3 aromatic heterocycles. The number of hydrogen-bond donors (Lipinski definition) is 1. The van der Waals surface area contributed by atoms with Gasteiger partial charge in [0.25, 0.3) is 6.43 Å². The minimum Gasteiger partial charge on any atom is -0.470 e. The number of rotatable bonds is 7. The molecule has 0 bridgehead atoms. The van der Waals surface area contributed by atoms with Crippen molar-refractivity contribution in [3.63, 3.8) is 0 Å². The highest BCUT2D eigenvalue weighted by Gasteiger charge is 2.23. The quantitative estimate of drug-likeness (QED) is 0.399. The van der Waals surface area contributed by atoms with E-state index in [1.807, 2.05) is 19.2 Å². The van der Waals surface area contributed by atoms with Crippen LogP contribution in [0.2, 0.25) is 0 Å². The van der Waals surface area contributed by atoms with Crippen LogP contribution in [0, 0.1) is 25.2 Å². The van der Waals surface area contributed by atoms with E-state index in [9.17, 15) is 14.0 Å². The van der Waals surface area contributed by atoms with Gasteiger partial charge in [-0.1, -0.05) is 12.1 Å². The molecule has 0 aliphatic rings. The summed E-state index contributed by atoms with van der Waals surface area (Å²) >= 11 is 0. The first-order chi connectivity index (χ1) is 16.8. The van der Waals surface area contributed by atoms with Crippen molar-refractivity contribution in [3.8, 4) is 34.3 Å². The number of nitrogen functional groups attached to an aromatic ring is 1. The monoisotopic (exact) mass is 475 g/mol. The molecule has 0 fully saturated rings. The van der Waals surface area contributed by atoms with Crippen LogP contribution in [0.1, 0.15) is 41.6 Å². The molecule has 1 aromatic carbocycles. The smallest absolute Gasteiger partial charge is 0.280 e. The number of pyridine rings is 1. The molecule has 178 valence electrons. The van der Waals surface area contributed by atoms with Gasteiger partial charge in [0.2, 0.25) is 11.8 Å². The topological polar surface area (TPSA) is 116 Å². The zero-order valence-corrected chi connectivity index (χ0v) is 19.5. The molecule has 3 heterocycles. The molecule has 0 atom stereocenters. The first kappa shape index (κ1) is 23.8. The summed E-state index contributed by atoms with van der Waals surface area (Å²) in [7, 11) is 0. The number of nitrogens with two attached hydrogens (primary N) is 1. The van der Waals surface area contributed by atoms with Crippen molar-refractivity contribution < 1.29 is 13.5 Å². The molecular weight excluding hydrogens is 452 g/mol. The lowest BCUT2D eigenvalue weighted by atomic mass is 9.94. The second kappa shape index (κ2) is 9.85. The highest BCUT2D eigenvalue weighted by Crippen LogP contribution is 2.40. The van der Waals surface area contributed by atoms with Gasteiger partial charge in [-0.05, 0) is 56.2 Å². The highest BCUT2D eigenvalue weighted by atomic mass is 19.3. The third-order valence-corrected chi connectivity index (χ3v) is 5.46. The largest absolute Gasteiger partial charge is 0.470 e. The molecular formula is C25H23F2N7O. The van der Waals surface area contributed by atoms with Gasteiger partial charge in [-0.2, -0.15) is 15.3 Å². The van der Waals surface area contributed by atoms with E-state index >= 15 is 0 Å². The van der Waals surface area contributed by atoms with Crippen LogP contribution in [-0.2, 0) is 13.2 Å². The number of nitrogens with zero attached hydrogens (tertiary/aromatic N) is 6. The second-order valence-corrected chi connectivity index (χ2v) is 7.87. The fourth-order valence-electron chi connectivity index (χ4n) is 3.78. The summed E-state index contributed by atoms with van der Waals surface area (Å²) in [5, 5.41) is 13.9. The van der Waals surface area contributed by atoms with Gasteiger partial charge in [-0.15, -0.1) is 0 Å². The Bertz CT molecular complexity index is 1430. The number of alkyl halides is 2. The molecule has 2 N–H and O–H groups in total. The number of anilines is 1. The van der Waals surface area contributed by atoms with Crippen LogP contribution in [0.15, 0.2) is 42.6 Å². The average Bonchev–Trinajstić information content (AvgIpc) is 3.30. The number of hydrogen-bond acceptors (Lipinski definition) is 7. The maximum absolute atomic E-state index is 13.6. The van der Waals surface area contributed by atoms with Gasteiger partial charge in [-0.3, -0.25) is 9.67 Å². The summed E-state index contributed by atoms with van der Waals surface area (Å²) in [5.74, 6) is 0.0607. The van der Waals surface area contributed by atoms with Crippen molar-refractivity contribution in [1.29, 1.82) is 5.26 Å². The lowest BCUT2D eigenvalue weighted by Gasteiger charge is -2.17. The fraction of sp³-hybridized carbons (Fsp3) is 0.240. The van der Waals surface area contributed by atoms with Crippen LogP contribution < -0.4 is 10.5 Å². The Hall–Kier alpha value is -4.39. The van der Waals surface area contributed by atoms with Crippen molar-refractivity contribution in [2.24, 2.45) is 0 Å². The predicted molar refractivity (Wildman–Crippen MR) is 126 cm³/mol. The Kier molecular flexibility index (Phi) is 6.68. The maximum atomic E-state index is 13.6. The van der Waals surface area contributed by atoms with Crippen LogP contribution in [0.4, 0.5) is 14.7 Å². The zero-order chi connectivity index (χ0) is 25.1. The predicted octanol–water partition coefficient (Wildman–Crippen LogP) is 5.01. The van der Waals surface area contributed by atoms with E-state index < -0.39 is 6.43 Å². The molecule has 0 aliphatic heterocycles. The lowest BCUT2D eigenvalue weighted by Crippen LogP contribution is -2.07. The van der Waals surface area contributed by atoms with Gasteiger partial charge >= 0.3 is 0 Å². The van der Waals surface area contributed by atoms with Crippen LogP contribution in [0.25, 0.3) is 22.4 Å². The molecule has 0 unspecified atom stereocenters. The van der Waals surface area contributed by atoms with Crippen molar-refractivity contribution in [2.45, 2.75) is 40.3 Å². The minimum atomic E-state index is -2.77. The normalized spacial score (nSPS) is 11.0. The molecule has 35 heavy (non-hydrogen) atoms. The fourth-order valence-corrected chi connectivity index (χ4v) is 3.78. The molecule has 0 spiro atoms. The van der Waals surface area contributed by atoms with E-state index in [0.717, 1.165) is 0 Å². The summed E-state index contributed by atoms with van der Waals surface area (Å²) in [6.45, 7) is 6.18. The van der Waals surface area contributed by atoms with Gasteiger partial charge < -0.3 is 10.5 Å². The standard InChI is InChI=1S/C25H23F2N7O/c1-4-34-9-8-18(33-34)13-35-24-21(17-10-14(2)30-20(11-17)23(26)27)22(31-25(29)32-24)19-7-5-6-16(12-28)15(19)3/h5-11,23H,4,13H2,1-3H3,(H2,29,31,32). The summed E-state index contributed by atoms with van der Waals surface area (Å²) in [6, 6.07) is 12.1. The first-order valence-electron chi connectivity index (χ1n) is 10.9. The molecule has 4 aromatic rings. The Labute approximate surface area is 201 Å². The zero-order valence-electron chi connectivity index (χ0n) is 19.5. The van der Waals surface area contributed by atoms with Gasteiger partial charge in [0.15, 0.2) is 0 Å². The van der Waals surface area contributed by atoms with Crippen LogP contribution in [0.3, 0.4) is 0 Å². The third kappa shape index (κ3) is 4.94. The summed E-state index contributed by atoms with van der Waals surface area (Å²) in [5.41, 5.74) is 9.62. The highest BCUT2D eigenvalue weighted by molar-refractivity contribution is 5.86. The Morgan fingerprint density at radius 2 is 1.94 bits per heavy atom. The molecule has 0 aliphatic carbocycles. The van der Waals surface area contributed by atoms with Crippen molar-refractivity contribution >= 4 is 5.95 Å². The molecule has 0 radical (unpaired) electrons. The number of benzene rings is 1. The molecule has 8 nitrogen and oxygen atoms in total. The van der Waals surface area contributed by atoms with Crippen LogP contribution in [0.5, 0.6) is 5.88 Å². The lowest BCUT2D eigenvalue weighted by molar-refractivity contribution is 0.146. The first-order valence-corrected chi connectivity index (χ1v) is 10.9. The van der Waals surface area contributed by atoms with Crippen molar-refractivity contribution in [2.75, 3.05) is 5.73 Å². The molecule has 0 saturated carbocycles. The number of aryl methyl sites for hydroxylation is 2. The molecule has 0 saturated heterocycles. The van der Waals surface area contributed by atoms with E-state index in [2.05, 4.69) is 26.1 Å². The van der Waals surface area contributed by atoms with Gasteiger partial charge in [0.1, 0.15) is 12.3 Å². The van der Waals surface area contributed by atoms with Crippen LogP contribution in [-0.4, -0.2) is 24.7 Å². The third-order valence-electron chi connectivity index (χ3n) is 5.46. The SMILES string of the molecule is CCn1ccc(COc2nc(N)nc(-c3cccc(C#N)c3C)c2-c2cc(C)nc(C(F)F)c2)n1. The summed E-state index contributed by atoms with van der Waals surface area (Å²) in [6.07, 6.45) is -0.935. The Balaban J connectivity index is 1.94. The maximum Gasteiger partial charge on any atom is 0.280 e. The Morgan fingerprint density at radius 1 is 1.14 bits per heavy atom. The van der Waals surface area contributed by atoms with E-state index in [1.54, 1.807) is 42.8 Å². The van der Waals surface area contributed by atoms with E-state index in [1.165, 1.54) is 6.07 Å². The molecule has 4 rings (SSSR count). The number of nitriles is 1. The number of aromatic nitrogens is 5. The molecule has 0 amide bonds. The summed E-state index contributed by atoms with van der Waals surface area (Å²) in [4.78, 5) is 12.7. The van der Waals surface area contributed by atoms with Gasteiger partial charge in [-0.25, -0.2) is 13.8 Å².